The monoisotopic (exact) mass is 378 g/mol. The standard InChI is InChI=1S/C22H22N2O4/c1-16-5-2-6-17(11-16)15-28-19-8-3-7-18(12-19)22(26)24-14-21(25)23-13-20-9-4-10-27-20/h2-12H,13-15H2,1H3,(H,23,25)(H,24,26). The average Bonchev–Trinajstić information content (AvgIpc) is 3.23. The molecule has 1 aromatic heterocycles. The number of nitrogens with one attached hydrogen (secondary N) is 2. The van der Waals surface area contributed by atoms with Gasteiger partial charge in [0, 0.05) is 5.56 Å². The summed E-state index contributed by atoms with van der Waals surface area (Å²) in [7, 11) is 0. The Bertz CT molecular complexity index is 935. The molecule has 6 nitrogen and oxygen atoms in total. The van der Waals surface area contributed by atoms with E-state index in [0.717, 1.165) is 5.56 Å². The maximum Gasteiger partial charge on any atom is 0.251 e. The Balaban J connectivity index is 1.48. The van der Waals surface area contributed by atoms with E-state index in [2.05, 4.69) is 16.7 Å². The van der Waals surface area contributed by atoms with Crippen molar-refractivity contribution in [3.05, 3.63) is 89.4 Å². The van der Waals surface area contributed by atoms with Crippen LogP contribution in [0, 0.1) is 6.92 Å². The van der Waals surface area contributed by atoms with E-state index in [4.69, 9.17) is 9.15 Å². The van der Waals surface area contributed by atoms with Gasteiger partial charge in [0.2, 0.25) is 5.91 Å². The molecule has 6 heteroatoms. The fourth-order valence-corrected chi connectivity index (χ4v) is 2.62. The molecule has 2 amide bonds. The molecule has 3 rings (SSSR count). The quantitative estimate of drug-likeness (QED) is 0.631. The van der Waals surface area contributed by atoms with Crippen LogP contribution >= 0.6 is 0 Å². The number of amides is 2. The van der Waals surface area contributed by atoms with E-state index in [9.17, 15) is 9.59 Å². The van der Waals surface area contributed by atoms with Gasteiger partial charge in [0.05, 0.1) is 19.4 Å². The molecule has 0 aliphatic heterocycles. The smallest absolute Gasteiger partial charge is 0.251 e. The lowest BCUT2D eigenvalue weighted by Gasteiger charge is -2.09. The van der Waals surface area contributed by atoms with Crippen LogP contribution in [0.25, 0.3) is 0 Å². The molecule has 0 bridgehead atoms. The number of hydrogen-bond donors (Lipinski definition) is 2. The Labute approximate surface area is 163 Å². The van der Waals surface area contributed by atoms with Gasteiger partial charge in [-0.05, 0) is 42.8 Å². The lowest BCUT2D eigenvalue weighted by atomic mass is 10.1. The fraction of sp³-hybridized carbons (Fsp3) is 0.182. The second-order valence-electron chi connectivity index (χ2n) is 6.34. The van der Waals surface area contributed by atoms with Crippen molar-refractivity contribution in [2.75, 3.05) is 6.54 Å². The normalized spacial score (nSPS) is 10.3. The van der Waals surface area contributed by atoms with Gasteiger partial charge in [-0.3, -0.25) is 9.59 Å². The molecule has 2 N–H and O–H groups in total. The molecule has 0 spiro atoms. The van der Waals surface area contributed by atoms with Crippen LogP contribution in [0.5, 0.6) is 5.75 Å². The first-order chi connectivity index (χ1) is 13.6. The molecule has 0 unspecified atom stereocenters. The first kappa shape index (κ1) is 19.2. The number of carbonyl (C=O) groups is 2. The minimum Gasteiger partial charge on any atom is -0.489 e. The maximum absolute atomic E-state index is 12.3. The lowest BCUT2D eigenvalue weighted by Crippen LogP contribution is -2.36. The Morgan fingerprint density at radius 1 is 1.00 bits per heavy atom. The Kier molecular flexibility index (Phi) is 6.46. The van der Waals surface area contributed by atoms with Gasteiger partial charge in [0.15, 0.2) is 0 Å². The molecule has 1 heterocycles. The van der Waals surface area contributed by atoms with Gasteiger partial charge in [-0.15, -0.1) is 0 Å². The van der Waals surface area contributed by atoms with E-state index in [1.165, 1.54) is 11.8 Å². The first-order valence-corrected chi connectivity index (χ1v) is 8.96. The molecule has 144 valence electrons. The highest BCUT2D eigenvalue weighted by Gasteiger charge is 2.09. The zero-order chi connectivity index (χ0) is 19.8. The predicted octanol–water partition coefficient (Wildman–Crippen LogP) is 3.21. The summed E-state index contributed by atoms with van der Waals surface area (Å²) >= 11 is 0. The third-order valence-corrected chi connectivity index (χ3v) is 4.03. The second-order valence-corrected chi connectivity index (χ2v) is 6.34. The van der Waals surface area contributed by atoms with Gasteiger partial charge in [0.25, 0.3) is 5.91 Å². The van der Waals surface area contributed by atoms with Gasteiger partial charge in [-0.1, -0.05) is 35.9 Å². The molecular weight excluding hydrogens is 356 g/mol. The van der Waals surface area contributed by atoms with E-state index >= 15 is 0 Å². The van der Waals surface area contributed by atoms with Crippen LogP contribution in [0.2, 0.25) is 0 Å². The van der Waals surface area contributed by atoms with Crippen molar-refractivity contribution >= 4 is 11.8 Å². The number of benzene rings is 2. The lowest BCUT2D eigenvalue weighted by molar-refractivity contribution is -0.120. The van der Waals surface area contributed by atoms with Crippen molar-refractivity contribution in [1.82, 2.24) is 10.6 Å². The minimum atomic E-state index is -0.339. The van der Waals surface area contributed by atoms with E-state index in [-0.39, 0.29) is 24.9 Å². The second kappa shape index (κ2) is 9.41. The van der Waals surface area contributed by atoms with Crippen LogP contribution in [-0.2, 0) is 17.9 Å². The van der Waals surface area contributed by atoms with Crippen molar-refractivity contribution in [2.24, 2.45) is 0 Å². The van der Waals surface area contributed by atoms with Crippen LogP contribution < -0.4 is 15.4 Å². The van der Waals surface area contributed by atoms with Crippen molar-refractivity contribution in [3.8, 4) is 5.75 Å². The van der Waals surface area contributed by atoms with Crippen molar-refractivity contribution in [2.45, 2.75) is 20.1 Å². The summed E-state index contributed by atoms with van der Waals surface area (Å²) in [6, 6.07) is 18.4. The zero-order valence-electron chi connectivity index (χ0n) is 15.6. The third-order valence-electron chi connectivity index (χ3n) is 4.03. The molecule has 2 aromatic carbocycles. The van der Waals surface area contributed by atoms with Gasteiger partial charge in [-0.25, -0.2) is 0 Å². The Hall–Kier alpha value is -3.54. The Morgan fingerprint density at radius 2 is 1.86 bits per heavy atom. The molecule has 3 aromatic rings. The molecule has 0 aliphatic rings. The zero-order valence-corrected chi connectivity index (χ0v) is 15.6. The fourth-order valence-electron chi connectivity index (χ4n) is 2.62. The number of carbonyl (C=O) groups excluding carboxylic acids is 2. The number of furan rings is 1. The molecule has 0 saturated heterocycles. The molecule has 0 saturated carbocycles. The average molecular weight is 378 g/mol. The van der Waals surface area contributed by atoms with E-state index in [1.807, 2.05) is 25.1 Å². The van der Waals surface area contributed by atoms with Crippen molar-refractivity contribution < 1.29 is 18.7 Å². The van der Waals surface area contributed by atoms with Crippen LogP contribution in [-0.4, -0.2) is 18.4 Å². The summed E-state index contributed by atoms with van der Waals surface area (Å²) in [4.78, 5) is 24.1. The van der Waals surface area contributed by atoms with Crippen LogP contribution in [0.3, 0.4) is 0 Å². The summed E-state index contributed by atoms with van der Waals surface area (Å²) in [5.74, 6) is 0.611. The Morgan fingerprint density at radius 3 is 2.64 bits per heavy atom. The van der Waals surface area contributed by atoms with Crippen LogP contribution in [0.15, 0.2) is 71.3 Å². The van der Waals surface area contributed by atoms with Gasteiger partial charge in [0.1, 0.15) is 18.1 Å². The highest BCUT2D eigenvalue weighted by Crippen LogP contribution is 2.15. The van der Waals surface area contributed by atoms with Crippen molar-refractivity contribution in [3.63, 3.8) is 0 Å². The summed E-state index contributed by atoms with van der Waals surface area (Å²) in [5, 5.41) is 5.27. The van der Waals surface area contributed by atoms with Gasteiger partial charge < -0.3 is 19.8 Å². The number of ether oxygens (including phenoxy) is 1. The number of hydrogen-bond acceptors (Lipinski definition) is 4. The first-order valence-electron chi connectivity index (χ1n) is 8.96. The summed E-state index contributed by atoms with van der Waals surface area (Å²) < 4.78 is 10.9. The predicted molar refractivity (Wildman–Crippen MR) is 105 cm³/mol. The van der Waals surface area contributed by atoms with Crippen molar-refractivity contribution in [1.29, 1.82) is 0 Å². The van der Waals surface area contributed by atoms with Crippen LogP contribution in [0.1, 0.15) is 27.2 Å². The molecule has 0 fully saturated rings. The number of aryl methyl sites for hydroxylation is 1. The molecule has 0 radical (unpaired) electrons. The molecule has 28 heavy (non-hydrogen) atoms. The van der Waals surface area contributed by atoms with E-state index < -0.39 is 0 Å². The van der Waals surface area contributed by atoms with Gasteiger partial charge in [-0.2, -0.15) is 0 Å². The molecule has 0 aliphatic carbocycles. The SMILES string of the molecule is Cc1cccc(COc2cccc(C(=O)NCC(=O)NCc3ccco3)c2)c1. The van der Waals surface area contributed by atoms with E-state index in [1.54, 1.807) is 36.4 Å². The molecule has 0 atom stereocenters. The maximum atomic E-state index is 12.3. The molecular formula is C22H22N2O4. The minimum absolute atomic E-state index is 0.117. The topological polar surface area (TPSA) is 80.6 Å². The number of rotatable bonds is 8. The highest BCUT2D eigenvalue weighted by molar-refractivity contribution is 5.96. The highest BCUT2D eigenvalue weighted by atomic mass is 16.5. The summed E-state index contributed by atoms with van der Waals surface area (Å²) in [6.07, 6.45) is 1.54. The van der Waals surface area contributed by atoms with Gasteiger partial charge >= 0.3 is 0 Å². The third kappa shape index (κ3) is 5.74. The summed E-state index contributed by atoms with van der Waals surface area (Å²) in [6.45, 7) is 2.61. The largest absolute Gasteiger partial charge is 0.489 e. The summed E-state index contributed by atoms with van der Waals surface area (Å²) in [5.41, 5.74) is 2.66. The van der Waals surface area contributed by atoms with Crippen LogP contribution in [0.4, 0.5) is 0 Å². The van der Waals surface area contributed by atoms with E-state index in [0.29, 0.717) is 23.7 Å².